The van der Waals surface area contributed by atoms with Crippen LogP contribution in [0, 0.1) is 0 Å². The van der Waals surface area contributed by atoms with Gasteiger partial charge >= 0.3 is 0 Å². The van der Waals surface area contributed by atoms with Crippen LogP contribution in [0.1, 0.15) is 18.4 Å². The normalized spacial score (nSPS) is 16.8. The Kier molecular flexibility index (Phi) is 6.03. The average molecular weight is 508 g/mol. The number of piperidine rings is 1. The summed E-state index contributed by atoms with van der Waals surface area (Å²) in [4.78, 5) is 37.0. The van der Waals surface area contributed by atoms with Crippen LogP contribution in [0.5, 0.6) is 0 Å². The van der Waals surface area contributed by atoms with E-state index >= 15 is 0 Å². The second-order valence-corrected chi connectivity index (χ2v) is 9.81. The second kappa shape index (κ2) is 9.66. The minimum atomic E-state index is -0.710. The number of hydrogen-bond donors (Lipinski definition) is 2. The van der Waals surface area contributed by atoms with E-state index in [2.05, 4.69) is 42.9 Å². The molecule has 0 unspecified atom stereocenters. The van der Waals surface area contributed by atoms with Crippen molar-refractivity contribution in [3.63, 3.8) is 0 Å². The molecule has 2 N–H and O–H groups in total. The van der Waals surface area contributed by atoms with E-state index < -0.39 is 5.54 Å². The number of amides is 2. The lowest BCUT2D eigenvalue weighted by molar-refractivity contribution is -0.136. The van der Waals surface area contributed by atoms with Crippen LogP contribution >= 0.6 is 0 Å². The zero-order valence-corrected chi connectivity index (χ0v) is 21.0. The molecule has 0 aliphatic carbocycles. The van der Waals surface area contributed by atoms with Crippen molar-refractivity contribution < 1.29 is 9.59 Å². The number of anilines is 2. The van der Waals surface area contributed by atoms with Gasteiger partial charge in [-0.15, -0.1) is 0 Å². The van der Waals surface area contributed by atoms with Gasteiger partial charge < -0.3 is 20.0 Å². The predicted molar refractivity (Wildman–Crippen MR) is 147 cm³/mol. The molecular formula is C29H29N7O2. The van der Waals surface area contributed by atoms with Crippen molar-refractivity contribution >= 4 is 39.9 Å². The van der Waals surface area contributed by atoms with Gasteiger partial charge in [-0.05, 0) is 54.8 Å². The van der Waals surface area contributed by atoms with Gasteiger partial charge in [0.25, 0.3) is 5.91 Å². The first-order chi connectivity index (χ1) is 18.5. The average Bonchev–Trinajstić information content (AvgIpc) is 3.53. The SMILES string of the molecule is C=C(c1ccc2[nH]ncc2c1)N1CCC2(CC1)C(=O)N(CC(=O)Nc1ccccn1)CN2c1ccccc1. The Labute approximate surface area is 220 Å². The molecule has 4 aromatic rings. The Hall–Kier alpha value is -4.66. The fourth-order valence-electron chi connectivity index (χ4n) is 5.57. The van der Waals surface area contributed by atoms with E-state index in [0.29, 0.717) is 38.4 Å². The molecule has 192 valence electrons. The number of fused-ring (bicyclic) bond motifs is 1. The molecule has 2 aliphatic rings. The Morgan fingerprint density at radius 3 is 2.61 bits per heavy atom. The van der Waals surface area contributed by atoms with Gasteiger partial charge in [0.1, 0.15) is 17.9 Å². The molecule has 2 aromatic heterocycles. The van der Waals surface area contributed by atoms with Crippen molar-refractivity contribution in [3.8, 4) is 0 Å². The summed E-state index contributed by atoms with van der Waals surface area (Å²) in [5.74, 6) is 0.198. The standard InChI is InChI=1S/C29H29N7O2/c1-21(22-10-11-25-23(17-22)18-31-33-25)34-15-12-29(13-16-34)28(38)35(20-36(29)24-7-3-2-4-8-24)19-27(37)32-26-9-5-6-14-30-26/h2-11,14,17-18H,1,12-13,15-16,19-20H2,(H,31,33)(H,30,32,37). The number of rotatable bonds is 6. The van der Waals surface area contributed by atoms with Gasteiger partial charge in [0.2, 0.25) is 5.91 Å². The molecule has 2 amide bonds. The molecule has 2 fully saturated rings. The number of pyridine rings is 1. The molecule has 2 aromatic carbocycles. The van der Waals surface area contributed by atoms with Crippen molar-refractivity contribution in [1.82, 2.24) is 25.0 Å². The first-order valence-electron chi connectivity index (χ1n) is 12.7. The number of likely N-dealkylation sites (tertiary alicyclic amines) is 1. The molecule has 0 saturated carbocycles. The minimum Gasteiger partial charge on any atom is -0.371 e. The number of carbonyl (C=O) groups is 2. The molecule has 6 rings (SSSR count). The largest absolute Gasteiger partial charge is 0.371 e. The number of nitrogens with zero attached hydrogens (tertiary/aromatic N) is 5. The Bertz CT molecular complexity index is 1480. The summed E-state index contributed by atoms with van der Waals surface area (Å²) in [5, 5.41) is 10.9. The van der Waals surface area contributed by atoms with Crippen LogP contribution in [-0.2, 0) is 9.59 Å². The summed E-state index contributed by atoms with van der Waals surface area (Å²) in [6.07, 6.45) is 4.70. The molecule has 0 bridgehead atoms. The second-order valence-electron chi connectivity index (χ2n) is 9.81. The lowest BCUT2D eigenvalue weighted by atomic mass is 9.85. The lowest BCUT2D eigenvalue weighted by Crippen LogP contribution is -2.56. The molecule has 4 heterocycles. The quantitative estimate of drug-likeness (QED) is 0.413. The number of H-pyrrole nitrogens is 1. The highest BCUT2D eigenvalue weighted by Crippen LogP contribution is 2.40. The van der Waals surface area contributed by atoms with Gasteiger partial charge in [0, 0.05) is 36.1 Å². The maximum atomic E-state index is 14.0. The number of nitrogens with one attached hydrogen (secondary N) is 2. The van der Waals surface area contributed by atoms with Crippen molar-refractivity contribution in [1.29, 1.82) is 0 Å². The highest BCUT2D eigenvalue weighted by molar-refractivity contribution is 5.99. The van der Waals surface area contributed by atoms with Crippen LogP contribution in [0.4, 0.5) is 11.5 Å². The Morgan fingerprint density at radius 2 is 1.84 bits per heavy atom. The van der Waals surface area contributed by atoms with Crippen molar-refractivity contribution in [2.24, 2.45) is 0 Å². The molecule has 2 aliphatic heterocycles. The van der Waals surface area contributed by atoms with E-state index in [4.69, 9.17) is 0 Å². The molecule has 0 atom stereocenters. The lowest BCUT2D eigenvalue weighted by Gasteiger charge is -2.44. The van der Waals surface area contributed by atoms with Crippen LogP contribution in [-0.4, -0.2) is 68.6 Å². The zero-order valence-electron chi connectivity index (χ0n) is 21.0. The number of aromatic amines is 1. The van der Waals surface area contributed by atoms with Gasteiger partial charge in [-0.3, -0.25) is 14.7 Å². The van der Waals surface area contributed by atoms with E-state index in [1.165, 1.54) is 0 Å². The molecule has 9 heteroatoms. The minimum absolute atomic E-state index is 0.0115. The highest BCUT2D eigenvalue weighted by atomic mass is 16.2. The number of benzene rings is 2. The molecule has 2 saturated heterocycles. The molecule has 38 heavy (non-hydrogen) atoms. The zero-order chi connectivity index (χ0) is 26.1. The van der Waals surface area contributed by atoms with Crippen LogP contribution in [0.25, 0.3) is 16.6 Å². The van der Waals surface area contributed by atoms with E-state index in [0.717, 1.165) is 27.9 Å². The van der Waals surface area contributed by atoms with Crippen molar-refractivity contribution in [2.75, 3.05) is 36.5 Å². The van der Waals surface area contributed by atoms with Crippen LogP contribution in [0.2, 0.25) is 0 Å². The van der Waals surface area contributed by atoms with Crippen molar-refractivity contribution in [3.05, 3.63) is 91.3 Å². The summed E-state index contributed by atoms with van der Waals surface area (Å²) < 4.78 is 0. The van der Waals surface area contributed by atoms with Crippen LogP contribution in [0.15, 0.2) is 85.7 Å². The molecular weight excluding hydrogens is 478 g/mol. The third kappa shape index (κ3) is 4.26. The topological polar surface area (TPSA) is 97.5 Å². The summed E-state index contributed by atoms with van der Waals surface area (Å²) in [7, 11) is 0. The summed E-state index contributed by atoms with van der Waals surface area (Å²) in [5.41, 5.74) is 3.23. The van der Waals surface area contributed by atoms with E-state index in [9.17, 15) is 9.59 Å². The Morgan fingerprint density at radius 1 is 1.05 bits per heavy atom. The molecule has 0 radical (unpaired) electrons. The van der Waals surface area contributed by atoms with Crippen LogP contribution in [0.3, 0.4) is 0 Å². The van der Waals surface area contributed by atoms with Crippen LogP contribution < -0.4 is 10.2 Å². The van der Waals surface area contributed by atoms with Gasteiger partial charge in [-0.2, -0.15) is 5.10 Å². The van der Waals surface area contributed by atoms with Crippen molar-refractivity contribution in [2.45, 2.75) is 18.4 Å². The van der Waals surface area contributed by atoms with E-state index in [1.54, 1.807) is 23.2 Å². The number of aromatic nitrogens is 3. The van der Waals surface area contributed by atoms with Gasteiger partial charge in [-0.1, -0.05) is 36.9 Å². The summed E-state index contributed by atoms with van der Waals surface area (Å²) >= 11 is 0. The smallest absolute Gasteiger partial charge is 0.250 e. The molecule has 9 nitrogen and oxygen atoms in total. The number of carbonyl (C=O) groups excluding carboxylic acids is 2. The monoisotopic (exact) mass is 507 g/mol. The highest BCUT2D eigenvalue weighted by Gasteiger charge is 2.54. The van der Waals surface area contributed by atoms with Gasteiger partial charge in [-0.25, -0.2) is 4.98 Å². The first-order valence-corrected chi connectivity index (χ1v) is 12.7. The maximum absolute atomic E-state index is 14.0. The van der Waals surface area contributed by atoms with Gasteiger partial charge in [0.05, 0.1) is 18.4 Å². The fourth-order valence-corrected chi connectivity index (χ4v) is 5.57. The summed E-state index contributed by atoms with van der Waals surface area (Å²) in [6, 6.07) is 21.5. The van der Waals surface area contributed by atoms with E-state index in [-0.39, 0.29) is 18.4 Å². The fraction of sp³-hybridized carbons (Fsp3) is 0.241. The van der Waals surface area contributed by atoms with Gasteiger partial charge in [0.15, 0.2) is 0 Å². The number of hydrogen-bond acceptors (Lipinski definition) is 6. The van der Waals surface area contributed by atoms with E-state index in [1.807, 2.05) is 54.7 Å². The predicted octanol–water partition coefficient (Wildman–Crippen LogP) is 3.71. The maximum Gasteiger partial charge on any atom is 0.250 e. The summed E-state index contributed by atoms with van der Waals surface area (Å²) in [6.45, 7) is 6.08. The number of para-hydroxylation sites is 1. The molecule has 1 spiro atoms. The third-order valence-corrected chi connectivity index (χ3v) is 7.59. The third-order valence-electron chi connectivity index (χ3n) is 7.59. The Balaban J connectivity index is 1.21. The first kappa shape index (κ1) is 23.7.